The zero-order chi connectivity index (χ0) is 15.5. The van der Waals surface area contributed by atoms with Gasteiger partial charge in [0, 0.05) is 12.2 Å². The lowest BCUT2D eigenvalue weighted by atomic mass is 9.96. The summed E-state index contributed by atoms with van der Waals surface area (Å²) >= 11 is 0. The summed E-state index contributed by atoms with van der Waals surface area (Å²) in [5.41, 5.74) is -1.41. The molecule has 0 fully saturated rings. The largest absolute Gasteiger partial charge is 0.418 e. The Bertz CT molecular complexity index is 594. The molecule has 0 heterocycles. The second-order valence-electron chi connectivity index (χ2n) is 5.04. The lowest BCUT2D eigenvalue weighted by molar-refractivity contribution is -0.137. The molecule has 2 aromatic carbocycles. The van der Waals surface area contributed by atoms with E-state index in [0.717, 1.165) is 6.07 Å². The number of aliphatic hydroxyl groups is 1. The van der Waals surface area contributed by atoms with Crippen molar-refractivity contribution in [1.82, 2.24) is 0 Å². The van der Waals surface area contributed by atoms with E-state index in [1.807, 2.05) is 6.07 Å². The van der Waals surface area contributed by atoms with Crippen molar-refractivity contribution in [3.05, 3.63) is 65.7 Å². The first-order valence-corrected chi connectivity index (χ1v) is 6.49. The molecule has 0 radical (unpaired) electrons. The molecule has 2 aromatic rings. The van der Waals surface area contributed by atoms with E-state index in [4.69, 9.17) is 0 Å². The van der Waals surface area contributed by atoms with Gasteiger partial charge in [0.1, 0.15) is 5.60 Å². The van der Waals surface area contributed by atoms with Crippen molar-refractivity contribution in [2.45, 2.75) is 18.7 Å². The van der Waals surface area contributed by atoms with Gasteiger partial charge in [-0.15, -0.1) is 0 Å². The van der Waals surface area contributed by atoms with E-state index < -0.39 is 17.3 Å². The van der Waals surface area contributed by atoms with Crippen LogP contribution in [0.25, 0.3) is 0 Å². The highest BCUT2D eigenvalue weighted by Gasteiger charge is 2.33. The molecule has 0 aliphatic rings. The van der Waals surface area contributed by atoms with Gasteiger partial charge >= 0.3 is 6.18 Å². The summed E-state index contributed by atoms with van der Waals surface area (Å²) in [6.45, 7) is 1.54. The monoisotopic (exact) mass is 295 g/mol. The molecule has 0 amide bonds. The standard InChI is InChI=1S/C16H16F3NO/c1-15(21,12-7-3-2-4-8-12)11-20-14-10-6-5-9-13(14)16(17,18)19/h2-10,20-21H,11H2,1H3. The van der Waals surface area contributed by atoms with Crippen molar-refractivity contribution in [2.75, 3.05) is 11.9 Å². The fourth-order valence-electron chi connectivity index (χ4n) is 2.05. The van der Waals surface area contributed by atoms with Crippen LogP contribution in [0.3, 0.4) is 0 Å². The van der Waals surface area contributed by atoms with Crippen molar-refractivity contribution in [3.8, 4) is 0 Å². The molecule has 2 nitrogen and oxygen atoms in total. The molecule has 5 heteroatoms. The third-order valence-corrected chi connectivity index (χ3v) is 3.25. The molecular weight excluding hydrogens is 279 g/mol. The SMILES string of the molecule is CC(O)(CNc1ccccc1C(F)(F)F)c1ccccc1. The Hall–Kier alpha value is -2.01. The van der Waals surface area contributed by atoms with Crippen molar-refractivity contribution < 1.29 is 18.3 Å². The molecule has 21 heavy (non-hydrogen) atoms. The summed E-state index contributed by atoms with van der Waals surface area (Å²) < 4.78 is 38.7. The number of halogens is 3. The van der Waals surface area contributed by atoms with Crippen LogP contribution in [0.5, 0.6) is 0 Å². The first-order valence-electron chi connectivity index (χ1n) is 6.49. The van der Waals surface area contributed by atoms with E-state index in [2.05, 4.69) is 5.32 Å². The van der Waals surface area contributed by atoms with Crippen LogP contribution in [-0.2, 0) is 11.8 Å². The number of hydrogen-bond acceptors (Lipinski definition) is 2. The summed E-state index contributed by atoms with van der Waals surface area (Å²) in [5.74, 6) is 0. The highest BCUT2D eigenvalue weighted by atomic mass is 19.4. The second kappa shape index (κ2) is 5.77. The third-order valence-electron chi connectivity index (χ3n) is 3.25. The minimum atomic E-state index is -4.43. The average Bonchev–Trinajstić information content (AvgIpc) is 2.45. The van der Waals surface area contributed by atoms with Crippen LogP contribution in [-0.4, -0.2) is 11.7 Å². The number of para-hydroxylation sites is 1. The van der Waals surface area contributed by atoms with Gasteiger partial charge in [-0.05, 0) is 24.6 Å². The molecule has 1 atom stereocenters. The van der Waals surface area contributed by atoms with Crippen LogP contribution in [0.1, 0.15) is 18.1 Å². The van der Waals surface area contributed by atoms with Crippen LogP contribution in [0, 0.1) is 0 Å². The minimum absolute atomic E-state index is 0.0237. The van der Waals surface area contributed by atoms with Crippen LogP contribution in [0.15, 0.2) is 54.6 Å². The lowest BCUT2D eigenvalue weighted by Crippen LogP contribution is -2.31. The molecule has 2 N–H and O–H groups in total. The smallest absolute Gasteiger partial charge is 0.384 e. The van der Waals surface area contributed by atoms with Gasteiger partial charge in [0.25, 0.3) is 0 Å². The molecule has 0 spiro atoms. The third kappa shape index (κ3) is 3.76. The van der Waals surface area contributed by atoms with Gasteiger partial charge in [-0.2, -0.15) is 13.2 Å². The molecular formula is C16H16F3NO. The van der Waals surface area contributed by atoms with E-state index in [1.54, 1.807) is 31.2 Å². The molecule has 0 bridgehead atoms. The van der Waals surface area contributed by atoms with Crippen molar-refractivity contribution in [3.63, 3.8) is 0 Å². The van der Waals surface area contributed by atoms with E-state index in [0.29, 0.717) is 5.56 Å². The Kier molecular flexibility index (Phi) is 4.23. The summed E-state index contributed by atoms with van der Waals surface area (Å²) in [6.07, 6.45) is -4.43. The fraction of sp³-hybridized carbons (Fsp3) is 0.250. The molecule has 0 aromatic heterocycles. The first-order chi connectivity index (χ1) is 9.81. The Morgan fingerprint density at radius 3 is 2.14 bits per heavy atom. The lowest BCUT2D eigenvalue weighted by Gasteiger charge is -2.25. The van der Waals surface area contributed by atoms with Gasteiger partial charge in [0.15, 0.2) is 0 Å². The van der Waals surface area contributed by atoms with Gasteiger partial charge < -0.3 is 10.4 Å². The van der Waals surface area contributed by atoms with E-state index in [9.17, 15) is 18.3 Å². The van der Waals surface area contributed by atoms with Gasteiger partial charge in [-0.1, -0.05) is 42.5 Å². The number of benzene rings is 2. The van der Waals surface area contributed by atoms with E-state index >= 15 is 0 Å². The van der Waals surface area contributed by atoms with Crippen LogP contribution in [0.4, 0.5) is 18.9 Å². The van der Waals surface area contributed by atoms with Crippen LogP contribution < -0.4 is 5.32 Å². The maximum absolute atomic E-state index is 12.9. The Morgan fingerprint density at radius 2 is 1.52 bits per heavy atom. The predicted octanol–water partition coefficient (Wildman–Crippen LogP) is 4.03. The number of nitrogens with one attached hydrogen (secondary N) is 1. The number of hydrogen-bond donors (Lipinski definition) is 2. The summed E-state index contributed by atoms with van der Waals surface area (Å²) in [5, 5.41) is 13.1. The first kappa shape index (κ1) is 15.4. The van der Waals surface area contributed by atoms with Crippen molar-refractivity contribution >= 4 is 5.69 Å². The van der Waals surface area contributed by atoms with Crippen molar-refractivity contribution in [1.29, 1.82) is 0 Å². The summed E-state index contributed by atoms with van der Waals surface area (Å²) in [7, 11) is 0. The summed E-state index contributed by atoms with van der Waals surface area (Å²) in [6, 6.07) is 14.0. The molecule has 112 valence electrons. The summed E-state index contributed by atoms with van der Waals surface area (Å²) in [4.78, 5) is 0. The van der Waals surface area contributed by atoms with Crippen molar-refractivity contribution in [2.24, 2.45) is 0 Å². The minimum Gasteiger partial charge on any atom is -0.384 e. The zero-order valence-electron chi connectivity index (χ0n) is 11.5. The Labute approximate surface area is 121 Å². The fourth-order valence-corrected chi connectivity index (χ4v) is 2.05. The highest BCUT2D eigenvalue weighted by molar-refractivity contribution is 5.53. The zero-order valence-corrected chi connectivity index (χ0v) is 11.5. The molecule has 0 aliphatic carbocycles. The molecule has 0 saturated heterocycles. The molecule has 0 saturated carbocycles. The Balaban J connectivity index is 2.17. The van der Waals surface area contributed by atoms with Gasteiger partial charge in [-0.25, -0.2) is 0 Å². The van der Waals surface area contributed by atoms with E-state index in [-0.39, 0.29) is 12.2 Å². The van der Waals surface area contributed by atoms with Crippen LogP contribution in [0.2, 0.25) is 0 Å². The maximum Gasteiger partial charge on any atom is 0.418 e. The number of anilines is 1. The van der Waals surface area contributed by atoms with Gasteiger partial charge in [-0.3, -0.25) is 0 Å². The quantitative estimate of drug-likeness (QED) is 0.892. The van der Waals surface area contributed by atoms with Gasteiger partial charge in [0.2, 0.25) is 0 Å². The molecule has 0 aliphatic heterocycles. The normalized spacial score (nSPS) is 14.5. The maximum atomic E-state index is 12.9. The molecule has 1 unspecified atom stereocenters. The Morgan fingerprint density at radius 1 is 0.952 bits per heavy atom. The second-order valence-corrected chi connectivity index (χ2v) is 5.04. The number of rotatable bonds is 4. The number of alkyl halides is 3. The van der Waals surface area contributed by atoms with Crippen LogP contribution >= 0.6 is 0 Å². The predicted molar refractivity (Wildman–Crippen MR) is 75.9 cm³/mol. The average molecular weight is 295 g/mol. The topological polar surface area (TPSA) is 32.3 Å². The van der Waals surface area contributed by atoms with E-state index in [1.165, 1.54) is 18.2 Å². The highest BCUT2D eigenvalue weighted by Crippen LogP contribution is 2.35. The molecule has 2 rings (SSSR count). The van der Waals surface area contributed by atoms with Gasteiger partial charge in [0.05, 0.1) is 5.56 Å².